The van der Waals surface area contributed by atoms with E-state index in [1.54, 1.807) is 29.2 Å². The average Bonchev–Trinajstić information content (AvgIpc) is 2.62. The van der Waals surface area contributed by atoms with Crippen LogP contribution in [-0.4, -0.2) is 42.9 Å². The van der Waals surface area contributed by atoms with Gasteiger partial charge in [0.15, 0.2) is 0 Å². The number of anilines is 2. The Labute approximate surface area is 150 Å². The van der Waals surface area contributed by atoms with Gasteiger partial charge in [-0.1, -0.05) is 18.2 Å². The normalized spacial score (nSPS) is 14.2. The third kappa shape index (κ3) is 4.36. The Hall–Kier alpha value is -2.96. The molecule has 0 bridgehead atoms. The van der Waals surface area contributed by atoms with Crippen molar-refractivity contribution in [3.05, 3.63) is 60.2 Å². The lowest BCUT2D eigenvalue weighted by molar-refractivity contribution is -0.134. The number of carbonyl (C=O) groups excluding carboxylic acids is 2. The van der Waals surface area contributed by atoms with Crippen molar-refractivity contribution in [3.8, 4) is 0 Å². The fourth-order valence-corrected chi connectivity index (χ4v) is 2.93. The lowest BCUT2D eigenvalue weighted by Crippen LogP contribution is -2.49. The van der Waals surface area contributed by atoms with E-state index in [2.05, 4.69) is 5.32 Å². The molecule has 1 N–H and O–H groups in total. The Balaban J connectivity index is 1.50. The molecule has 5 nitrogen and oxygen atoms in total. The van der Waals surface area contributed by atoms with Crippen LogP contribution in [0.15, 0.2) is 48.5 Å². The molecule has 0 radical (unpaired) electrons. The number of piperazine rings is 1. The fraction of sp³-hybridized carbons (Fsp3) is 0.263. The minimum absolute atomic E-state index is 0.290. The molecule has 136 valence electrons. The summed E-state index contributed by atoms with van der Waals surface area (Å²) in [6, 6.07) is 12.0. The van der Waals surface area contributed by atoms with Gasteiger partial charge in [-0.25, -0.2) is 8.78 Å². The summed E-state index contributed by atoms with van der Waals surface area (Å²) in [4.78, 5) is 27.7. The lowest BCUT2D eigenvalue weighted by atomic mass is 10.2. The fourth-order valence-electron chi connectivity index (χ4n) is 2.93. The van der Waals surface area contributed by atoms with Gasteiger partial charge in [0.25, 0.3) is 0 Å². The zero-order valence-corrected chi connectivity index (χ0v) is 14.1. The van der Waals surface area contributed by atoms with Gasteiger partial charge >= 0.3 is 0 Å². The summed E-state index contributed by atoms with van der Waals surface area (Å²) in [6.07, 6.45) is -0.309. The number of nitrogens with one attached hydrogen (secondary N) is 1. The van der Waals surface area contributed by atoms with E-state index in [1.165, 1.54) is 24.3 Å². The summed E-state index contributed by atoms with van der Waals surface area (Å²) in [6.45, 7) is 1.83. The highest BCUT2D eigenvalue weighted by molar-refractivity contribution is 6.03. The maximum absolute atomic E-state index is 13.8. The average molecular weight is 359 g/mol. The van der Waals surface area contributed by atoms with Gasteiger partial charge in [0.05, 0.1) is 5.69 Å². The maximum atomic E-state index is 13.8. The quantitative estimate of drug-likeness (QED) is 0.854. The highest BCUT2D eigenvalue weighted by Gasteiger charge is 2.24. The summed E-state index contributed by atoms with van der Waals surface area (Å²) in [5.74, 6) is -1.54. The standard InChI is InChI=1S/C19H19F2N3O2/c20-14-4-3-5-15(12-14)22-18(25)13-19(26)24-10-8-23(9-11-24)17-7-2-1-6-16(17)21/h1-7,12H,8-11,13H2,(H,22,25). The Morgan fingerprint density at radius 1 is 0.962 bits per heavy atom. The molecule has 2 aromatic rings. The van der Waals surface area contributed by atoms with E-state index in [0.717, 1.165) is 0 Å². The zero-order chi connectivity index (χ0) is 18.5. The topological polar surface area (TPSA) is 52.7 Å². The van der Waals surface area contributed by atoms with E-state index in [9.17, 15) is 18.4 Å². The summed E-state index contributed by atoms with van der Waals surface area (Å²) in [5.41, 5.74) is 0.829. The van der Waals surface area contributed by atoms with Crippen LogP contribution in [0.25, 0.3) is 0 Å². The number of para-hydroxylation sites is 1. The molecule has 0 saturated carbocycles. The summed E-state index contributed by atoms with van der Waals surface area (Å²) < 4.78 is 27.0. The van der Waals surface area contributed by atoms with Gasteiger partial charge in [0.2, 0.25) is 11.8 Å². The first-order valence-corrected chi connectivity index (χ1v) is 8.35. The second-order valence-electron chi connectivity index (χ2n) is 6.05. The maximum Gasteiger partial charge on any atom is 0.233 e. The van der Waals surface area contributed by atoms with Gasteiger partial charge in [0.1, 0.15) is 18.1 Å². The van der Waals surface area contributed by atoms with Crippen molar-refractivity contribution >= 4 is 23.2 Å². The van der Waals surface area contributed by atoms with Crippen molar-refractivity contribution < 1.29 is 18.4 Å². The van der Waals surface area contributed by atoms with E-state index in [4.69, 9.17) is 0 Å². The largest absolute Gasteiger partial charge is 0.366 e. The molecule has 3 rings (SSSR count). The van der Waals surface area contributed by atoms with Crippen LogP contribution in [0.2, 0.25) is 0 Å². The van der Waals surface area contributed by atoms with Gasteiger partial charge in [-0.2, -0.15) is 0 Å². The Kier molecular flexibility index (Phi) is 5.46. The molecule has 1 heterocycles. The van der Waals surface area contributed by atoms with E-state index in [-0.39, 0.29) is 18.1 Å². The molecular weight excluding hydrogens is 340 g/mol. The zero-order valence-electron chi connectivity index (χ0n) is 14.1. The molecule has 7 heteroatoms. The van der Waals surface area contributed by atoms with Crippen molar-refractivity contribution in [2.75, 3.05) is 36.4 Å². The molecule has 1 saturated heterocycles. The molecule has 1 fully saturated rings. The van der Waals surface area contributed by atoms with Gasteiger partial charge in [-0.05, 0) is 30.3 Å². The molecule has 0 aromatic heterocycles. The molecule has 0 aliphatic carbocycles. The monoisotopic (exact) mass is 359 g/mol. The number of halogens is 2. The van der Waals surface area contributed by atoms with E-state index < -0.39 is 11.7 Å². The third-order valence-electron chi connectivity index (χ3n) is 4.25. The number of nitrogens with zero attached hydrogens (tertiary/aromatic N) is 2. The predicted octanol–water partition coefficient (Wildman–Crippen LogP) is 2.64. The second-order valence-corrected chi connectivity index (χ2v) is 6.05. The van der Waals surface area contributed by atoms with Crippen molar-refractivity contribution in [3.63, 3.8) is 0 Å². The van der Waals surface area contributed by atoms with Crippen LogP contribution in [0.4, 0.5) is 20.2 Å². The molecule has 0 spiro atoms. The highest BCUT2D eigenvalue weighted by atomic mass is 19.1. The van der Waals surface area contributed by atoms with Gasteiger partial charge in [-0.3, -0.25) is 9.59 Å². The number of rotatable bonds is 4. The summed E-state index contributed by atoms with van der Waals surface area (Å²) >= 11 is 0. The van der Waals surface area contributed by atoms with Crippen LogP contribution in [0.3, 0.4) is 0 Å². The molecule has 2 aromatic carbocycles. The lowest BCUT2D eigenvalue weighted by Gasteiger charge is -2.36. The minimum atomic E-state index is -0.489. The first-order chi connectivity index (χ1) is 12.5. The predicted molar refractivity (Wildman–Crippen MR) is 94.8 cm³/mol. The van der Waals surface area contributed by atoms with Crippen molar-refractivity contribution in [2.45, 2.75) is 6.42 Å². The molecule has 1 aliphatic heterocycles. The SMILES string of the molecule is O=C(CC(=O)N1CCN(c2ccccc2F)CC1)Nc1cccc(F)c1. The molecule has 1 aliphatic rings. The Bertz CT molecular complexity index is 805. The number of amides is 2. The Morgan fingerprint density at radius 3 is 2.38 bits per heavy atom. The highest BCUT2D eigenvalue weighted by Crippen LogP contribution is 2.20. The van der Waals surface area contributed by atoms with Crippen LogP contribution in [0, 0.1) is 11.6 Å². The third-order valence-corrected chi connectivity index (χ3v) is 4.25. The van der Waals surface area contributed by atoms with Crippen LogP contribution in [-0.2, 0) is 9.59 Å². The van der Waals surface area contributed by atoms with Crippen LogP contribution in [0.1, 0.15) is 6.42 Å². The summed E-state index contributed by atoms with van der Waals surface area (Å²) in [5, 5.41) is 2.51. The molecular formula is C19H19F2N3O2. The molecule has 0 unspecified atom stereocenters. The van der Waals surface area contributed by atoms with Gasteiger partial charge in [-0.15, -0.1) is 0 Å². The minimum Gasteiger partial charge on any atom is -0.366 e. The second kappa shape index (κ2) is 7.95. The smallest absolute Gasteiger partial charge is 0.233 e. The first-order valence-electron chi connectivity index (χ1n) is 8.35. The molecule has 0 atom stereocenters. The molecule has 26 heavy (non-hydrogen) atoms. The van der Waals surface area contributed by atoms with Crippen molar-refractivity contribution in [2.24, 2.45) is 0 Å². The Morgan fingerprint density at radius 2 is 1.69 bits per heavy atom. The van der Waals surface area contributed by atoms with Crippen LogP contribution in [0.5, 0.6) is 0 Å². The van der Waals surface area contributed by atoms with Crippen LogP contribution < -0.4 is 10.2 Å². The van der Waals surface area contributed by atoms with E-state index in [1.807, 2.05) is 4.90 Å². The van der Waals surface area contributed by atoms with Gasteiger partial charge in [0, 0.05) is 31.9 Å². The molecule has 2 amide bonds. The summed E-state index contributed by atoms with van der Waals surface area (Å²) in [7, 11) is 0. The van der Waals surface area contributed by atoms with E-state index >= 15 is 0 Å². The number of hydrogen-bond donors (Lipinski definition) is 1. The number of benzene rings is 2. The first kappa shape index (κ1) is 17.8. The van der Waals surface area contributed by atoms with Crippen molar-refractivity contribution in [1.29, 1.82) is 0 Å². The van der Waals surface area contributed by atoms with Crippen molar-refractivity contribution in [1.82, 2.24) is 4.90 Å². The van der Waals surface area contributed by atoms with E-state index in [0.29, 0.717) is 37.6 Å². The van der Waals surface area contributed by atoms with Gasteiger partial charge < -0.3 is 15.1 Å². The number of carbonyl (C=O) groups is 2. The number of hydrogen-bond acceptors (Lipinski definition) is 3. The van der Waals surface area contributed by atoms with Crippen LogP contribution >= 0.6 is 0 Å².